The van der Waals surface area contributed by atoms with Gasteiger partial charge < -0.3 is 4.90 Å². The highest BCUT2D eigenvalue weighted by Gasteiger charge is 2.33. The van der Waals surface area contributed by atoms with Crippen molar-refractivity contribution in [2.45, 2.75) is 31.0 Å². The summed E-state index contributed by atoms with van der Waals surface area (Å²) in [5.41, 5.74) is 2.66. The van der Waals surface area contributed by atoms with Crippen LogP contribution in [0.25, 0.3) is 11.3 Å². The topological polar surface area (TPSA) is 81.2 Å². The van der Waals surface area contributed by atoms with E-state index in [0.717, 1.165) is 35.6 Å². The second-order valence-electron chi connectivity index (χ2n) is 7.44. The van der Waals surface area contributed by atoms with Crippen molar-refractivity contribution in [2.24, 2.45) is 0 Å². The Balaban J connectivity index is 1.32. The number of hydrogen-bond acceptors (Lipinski definition) is 6. The summed E-state index contributed by atoms with van der Waals surface area (Å²) in [7, 11) is 0. The molecular weight excluding hydrogens is 434 g/mol. The van der Waals surface area contributed by atoms with Gasteiger partial charge in [-0.1, -0.05) is 35.5 Å². The first-order chi connectivity index (χ1) is 15.1. The van der Waals surface area contributed by atoms with Crippen molar-refractivity contribution in [3.63, 3.8) is 0 Å². The predicted molar refractivity (Wildman–Crippen MR) is 119 cm³/mol. The predicted octanol–water partition coefficient (Wildman–Crippen LogP) is 3.73. The van der Waals surface area contributed by atoms with Crippen molar-refractivity contribution in [3.05, 3.63) is 65.3 Å². The van der Waals surface area contributed by atoms with Gasteiger partial charge in [0.25, 0.3) is 0 Å². The molecule has 1 aliphatic rings. The molecule has 31 heavy (non-hydrogen) atoms. The number of amides is 1. The largest absolute Gasteiger partial charge is 0.332 e. The molecule has 4 aromatic rings. The summed E-state index contributed by atoms with van der Waals surface area (Å²) in [6.07, 6.45) is 5.40. The zero-order chi connectivity index (χ0) is 21.4. The van der Waals surface area contributed by atoms with Crippen molar-refractivity contribution >= 4 is 34.9 Å². The SMILES string of the molecule is Cc1ccc(-n2cnnc2SCC(=O)N2CCCC2c2nnc3ccccn23)cc1Cl. The molecule has 8 nitrogen and oxygen atoms in total. The van der Waals surface area contributed by atoms with Crippen LogP contribution in [0.4, 0.5) is 0 Å². The van der Waals surface area contributed by atoms with Crippen molar-refractivity contribution in [3.8, 4) is 5.69 Å². The van der Waals surface area contributed by atoms with Gasteiger partial charge in [-0.05, 0) is 49.6 Å². The number of hydrogen-bond donors (Lipinski definition) is 0. The van der Waals surface area contributed by atoms with Gasteiger partial charge in [-0.2, -0.15) is 0 Å². The zero-order valence-electron chi connectivity index (χ0n) is 16.8. The van der Waals surface area contributed by atoms with Crippen molar-refractivity contribution in [1.82, 2.24) is 34.3 Å². The molecule has 1 aromatic carbocycles. The first-order valence-corrected chi connectivity index (χ1v) is 11.4. The summed E-state index contributed by atoms with van der Waals surface area (Å²) >= 11 is 7.64. The van der Waals surface area contributed by atoms with E-state index in [1.165, 1.54) is 11.8 Å². The molecule has 1 atom stereocenters. The number of rotatable bonds is 5. The third-order valence-corrected chi connectivity index (χ3v) is 6.82. The molecule has 0 N–H and O–H groups in total. The molecule has 0 saturated carbocycles. The minimum absolute atomic E-state index is 0.0525. The number of likely N-dealkylation sites (tertiary alicyclic amines) is 1. The van der Waals surface area contributed by atoms with E-state index in [9.17, 15) is 4.79 Å². The summed E-state index contributed by atoms with van der Waals surface area (Å²) in [4.78, 5) is 15.0. The van der Waals surface area contributed by atoms with Crippen LogP contribution in [0, 0.1) is 6.92 Å². The Labute approximate surface area is 188 Å². The van der Waals surface area contributed by atoms with Gasteiger partial charge in [0.05, 0.1) is 17.5 Å². The molecule has 1 fully saturated rings. The molecule has 0 spiro atoms. The maximum absolute atomic E-state index is 13.1. The fraction of sp³-hybridized carbons (Fsp3) is 0.286. The van der Waals surface area contributed by atoms with Crippen LogP contribution in [0.3, 0.4) is 0 Å². The highest BCUT2D eigenvalue weighted by Crippen LogP contribution is 2.32. The van der Waals surface area contributed by atoms with Crippen LogP contribution in [0.2, 0.25) is 5.02 Å². The summed E-state index contributed by atoms with van der Waals surface area (Å²) < 4.78 is 3.80. The molecule has 0 bridgehead atoms. The number of nitrogens with zero attached hydrogens (tertiary/aromatic N) is 7. The van der Waals surface area contributed by atoms with Crippen LogP contribution in [0.15, 0.2) is 54.1 Å². The van der Waals surface area contributed by atoms with Gasteiger partial charge in [-0.15, -0.1) is 20.4 Å². The van der Waals surface area contributed by atoms with Crippen LogP contribution in [0.5, 0.6) is 0 Å². The van der Waals surface area contributed by atoms with Gasteiger partial charge >= 0.3 is 0 Å². The molecule has 1 unspecified atom stereocenters. The fourth-order valence-electron chi connectivity index (χ4n) is 3.86. The molecule has 3 aromatic heterocycles. The smallest absolute Gasteiger partial charge is 0.233 e. The Kier molecular flexibility index (Phi) is 5.37. The molecule has 10 heteroatoms. The number of carbonyl (C=O) groups excluding carboxylic acids is 1. The van der Waals surface area contributed by atoms with Crippen LogP contribution < -0.4 is 0 Å². The summed E-state index contributed by atoms with van der Waals surface area (Å²) in [5, 5.41) is 18.1. The lowest BCUT2D eigenvalue weighted by molar-refractivity contribution is -0.129. The minimum atomic E-state index is -0.0701. The van der Waals surface area contributed by atoms with E-state index in [2.05, 4.69) is 20.4 Å². The first kappa shape index (κ1) is 20.0. The average molecular weight is 454 g/mol. The number of aryl methyl sites for hydroxylation is 1. The number of fused-ring (bicyclic) bond motifs is 1. The Morgan fingerprint density at radius 3 is 3.00 bits per heavy atom. The van der Waals surface area contributed by atoms with Gasteiger partial charge in [-0.25, -0.2) is 0 Å². The van der Waals surface area contributed by atoms with Crippen molar-refractivity contribution in [2.75, 3.05) is 12.3 Å². The highest BCUT2D eigenvalue weighted by atomic mass is 35.5. The molecule has 0 radical (unpaired) electrons. The molecule has 1 aliphatic heterocycles. The van der Waals surface area contributed by atoms with Crippen LogP contribution >= 0.6 is 23.4 Å². The molecule has 5 rings (SSSR count). The number of pyridine rings is 1. The second-order valence-corrected chi connectivity index (χ2v) is 8.79. The van der Waals surface area contributed by atoms with E-state index >= 15 is 0 Å². The van der Waals surface area contributed by atoms with Gasteiger partial charge in [0, 0.05) is 17.8 Å². The van der Waals surface area contributed by atoms with E-state index in [4.69, 9.17) is 11.6 Å². The van der Waals surface area contributed by atoms with Crippen LogP contribution in [0.1, 0.15) is 30.3 Å². The number of carbonyl (C=O) groups is 1. The number of aromatic nitrogens is 6. The lowest BCUT2D eigenvalue weighted by Gasteiger charge is -2.23. The van der Waals surface area contributed by atoms with E-state index < -0.39 is 0 Å². The highest BCUT2D eigenvalue weighted by molar-refractivity contribution is 7.99. The third kappa shape index (κ3) is 3.79. The van der Waals surface area contributed by atoms with Crippen LogP contribution in [-0.2, 0) is 4.79 Å². The molecule has 1 saturated heterocycles. The number of thioether (sulfide) groups is 1. The Hall–Kier alpha value is -2.91. The summed E-state index contributed by atoms with van der Waals surface area (Å²) in [6, 6.07) is 11.5. The molecule has 158 valence electrons. The normalized spacial score (nSPS) is 16.3. The quantitative estimate of drug-likeness (QED) is 0.428. The Bertz CT molecular complexity index is 1250. The second kappa shape index (κ2) is 8.32. The standard InChI is InChI=1S/C21H20ClN7OS/c1-14-7-8-15(11-16(14)22)29-13-23-26-21(29)31-12-19(30)27-10-4-5-17(27)20-25-24-18-6-2-3-9-28(18)20/h2-3,6-9,11,13,17H,4-5,10,12H2,1H3. The van der Waals surface area contributed by atoms with Crippen molar-refractivity contribution in [1.29, 1.82) is 0 Å². The fourth-order valence-corrected chi connectivity index (χ4v) is 4.85. The Morgan fingerprint density at radius 2 is 2.13 bits per heavy atom. The monoisotopic (exact) mass is 453 g/mol. The summed E-state index contributed by atoms with van der Waals surface area (Å²) in [6.45, 7) is 2.67. The zero-order valence-corrected chi connectivity index (χ0v) is 18.4. The molecule has 0 aliphatic carbocycles. The minimum Gasteiger partial charge on any atom is -0.332 e. The van der Waals surface area contributed by atoms with E-state index in [-0.39, 0.29) is 17.7 Å². The number of halogens is 1. The first-order valence-electron chi connectivity index (χ1n) is 10.0. The van der Waals surface area contributed by atoms with Gasteiger partial charge in [0.15, 0.2) is 16.6 Å². The van der Waals surface area contributed by atoms with Gasteiger partial charge in [-0.3, -0.25) is 13.8 Å². The number of benzene rings is 1. The molecule has 4 heterocycles. The van der Waals surface area contributed by atoms with Crippen molar-refractivity contribution < 1.29 is 4.79 Å². The van der Waals surface area contributed by atoms with E-state index in [1.807, 2.05) is 63.4 Å². The third-order valence-electron chi connectivity index (χ3n) is 5.49. The van der Waals surface area contributed by atoms with Gasteiger partial charge in [0.1, 0.15) is 6.33 Å². The van der Waals surface area contributed by atoms with E-state index in [1.54, 1.807) is 6.33 Å². The van der Waals surface area contributed by atoms with Crippen LogP contribution in [-0.4, -0.2) is 52.5 Å². The van der Waals surface area contributed by atoms with Gasteiger partial charge in [0.2, 0.25) is 5.91 Å². The average Bonchev–Trinajstić information content (AvgIpc) is 3.52. The maximum Gasteiger partial charge on any atom is 0.233 e. The molecule has 1 amide bonds. The Morgan fingerprint density at radius 1 is 1.23 bits per heavy atom. The lowest BCUT2D eigenvalue weighted by Crippen LogP contribution is -2.33. The lowest BCUT2D eigenvalue weighted by atomic mass is 10.2. The maximum atomic E-state index is 13.1. The summed E-state index contributed by atoms with van der Waals surface area (Å²) in [5.74, 6) is 1.13. The molecular formula is C21H20ClN7OS. The van der Waals surface area contributed by atoms with E-state index in [0.29, 0.717) is 16.7 Å².